The molecular weight excluding hydrogens is 567 g/mol. The molecule has 0 saturated heterocycles. The zero-order valence-corrected chi connectivity index (χ0v) is 22.0. The molecule has 0 spiro atoms. The Kier molecular flexibility index (Phi) is 6.48. The first-order valence-corrected chi connectivity index (χ1v) is 12.4. The third kappa shape index (κ3) is 4.67. The lowest BCUT2D eigenvalue weighted by molar-refractivity contribution is -0.615. The van der Waals surface area contributed by atoms with Crippen molar-refractivity contribution in [2.75, 3.05) is 0 Å². The molecule has 6 rings (SSSR count). The number of pyridine rings is 1. The maximum atomic E-state index is 15.3. The minimum Gasteiger partial charge on any atom is -0.618 e. The highest BCUT2D eigenvalue weighted by atomic mass is 35.5. The van der Waals surface area contributed by atoms with E-state index >= 15 is 4.39 Å². The second-order valence-electron chi connectivity index (χ2n) is 8.76. The lowest BCUT2D eigenvalue weighted by Crippen LogP contribution is -2.37. The van der Waals surface area contributed by atoms with Crippen molar-refractivity contribution in [3.8, 4) is 28.1 Å². The normalized spacial score (nSPS) is 12.2. The smallest absolute Gasteiger partial charge is 0.219 e. The highest BCUT2D eigenvalue weighted by molar-refractivity contribution is 6.31. The summed E-state index contributed by atoms with van der Waals surface area (Å²) in [4.78, 5) is 0. The summed E-state index contributed by atoms with van der Waals surface area (Å²) < 4.78 is 35.5. The molecule has 0 aliphatic heterocycles. The van der Waals surface area contributed by atoms with Gasteiger partial charge in [0.2, 0.25) is 5.69 Å². The number of benzene rings is 1. The van der Waals surface area contributed by atoms with E-state index in [0.29, 0.717) is 16.0 Å². The second kappa shape index (κ2) is 10.1. The molecule has 16 heteroatoms. The summed E-state index contributed by atoms with van der Waals surface area (Å²) in [5.74, 6) is -1.27. The predicted molar refractivity (Wildman–Crippen MR) is 138 cm³/mol. The minimum absolute atomic E-state index is 0.0287. The van der Waals surface area contributed by atoms with Gasteiger partial charge in [0.25, 0.3) is 0 Å². The van der Waals surface area contributed by atoms with Crippen molar-refractivity contribution in [2.24, 2.45) is 7.05 Å². The summed E-state index contributed by atoms with van der Waals surface area (Å²) in [7, 11) is 1.74. The first-order chi connectivity index (χ1) is 19.3. The van der Waals surface area contributed by atoms with Crippen LogP contribution in [0.25, 0.3) is 28.1 Å². The van der Waals surface area contributed by atoms with Crippen LogP contribution in [0, 0.1) is 16.8 Å². The van der Waals surface area contributed by atoms with Crippen molar-refractivity contribution in [3.63, 3.8) is 0 Å². The molecule has 0 saturated carbocycles. The summed E-state index contributed by atoms with van der Waals surface area (Å²) in [6, 6.07) is 5.31. The molecule has 40 heavy (non-hydrogen) atoms. The largest absolute Gasteiger partial charge is 0.618 e. The van der Waals surface area contributed by atoms with Gasteiger partial charge in [0.15, 0.2) is 29.0 Å². The third-order valence-electron chi connectivity index (χ3n) is 6.25. The molecule has 0 unspecified atom stereocenters. The molecule has 0 bridgehead atoms. The van der Waals surface area contributed by atoms with Gasteiger partial charge in [-0.2, -0.15) is 14.9 Å². The van der Waals surface area contributed by atoms with Crippen LogP contribution in [0.1, 0.15) is 11.7 Å². The van der Waals surface area contributed by atoms with Gasteiger partial charge in [-0.25, -0.2) is 18.1 Å². The molecule has 0 aliphatic rings. The number of rotatable bonds is 7. The lowest BCUT2D eigenvalue weighted by Gasteiger charge is -2.18. The summed E-state index contributed by atoms with van der Waals surface area (Å²) in [6.07, 6.45) is 9.82. The molecule has 202 valence electrons. The lowest BCUT2D eigenvalue weighted by atomic mass is 10.0. The number of aromatic nitrogens is 11. The van der Waals surface area contributed by atoms with Crippen molar-refractivity contribution < 1.29 is 13.5 Å². The van der Waals surface area contributed by atoms with Crippen LogP contribution in [0.5, 0.6) is 0 Å². The van der Waals surface area contributed by atoms with E-state index in [4.69, 9.17) is 23.2 Å². The van der Waals surface area contributed by atoms with Gasteiger partial charge in [-0.15, -0.1) is 10.2 Å². The number of hydrogen-bond acceptors (Lipinski definition) is 7. The SMILES string of the molecule is Cn1nncc1-c1cnn([C@@H](Cn2cc(F)cn2)c2ccc(-c3c(-n4cc(Cl)nn4)ccc(Cl)c3F)c[n+]2[O-])c1. The van der Waals surface area contributed by atoms with Crippen molar-refractivity contribution >= 4 is 23.2 Å². The van der Waals surface area contributed by atoms with Gasteiger partial charge < -0.3 is 5.21 Å². The van der Waals surface area contributed by atoms with E-state index < -0.39 is 17.7 Å². The van der Waals surface area contributed by atoms with Crippen molar-refractivity contribution in [3.05, 3.63) is 100 Å². The van der Waals surface area contributed by atoms with Crippen molar-refractivity contribution in [2.45, 2.75) is 12.6 Å². The monoisotopic (exact) mass is 583 g/mol. The molecule has 0 radical (unpaired) electrons. The van der Waals surface area contributed by atoms with Crippen LogP contribution in [0.3, 0.4) is 0 Å². The van der Waals surface area contributed by atoms with E-state index in [0.717, 1.165) is 6.20 Å². The Morgan fingerprint density at radius 1 is 0.975 bits per heavy atom. The van der Waals surface area contributed by atoms with E-state index in [1.165, 1.54) is 40.1 Å². The van der Waals surface area contributed by atoms with Crippen LogP contribution in [0.2, 0.25) is 10.2 Å². The van der Waals surface area contributed by atoms with Gasteiger partial charge in [0.05, 0.1) is 65.1 Å². The van der Waals surface area contributed by atoms with Gasteiger partial charge in [0, 0.05) is 24.9 Å². The average Bonchev–Trinajstić information content (AvgIpc) is 3.73. The number of hydrogen-bond donors (Lipinski definition) is 0. The molecule has 6 aromatic rings. The summed E-state index contributed by atoms with van der Waals surface area (Å²) in [5.41, 5.74) is 2.18. The first-order valence-electron chi connectivity index (χ1n) is 11.7. The van der Waals surface area contributed by atoms with E-state index in [2.05, 4.69) is 30.8 Å². The van der Waals surface area contributed by atoms with E-state index in [1.54, 1.807) is 47.1 Å². The topological polar surface area (TPSA) is 124 Å². The summed E-state index contributed by atoms with van der Waals surface area (Å²) in [5, 5.41) is 37.4. The van der Waals surface area contributed by atoms with Gasteiger partial charge in [-0.1, -0.05) is 33.6 Å². The van der Waals surface area contributed by atoms with Crippen LogP contribution in [-0.2, 0) is 13.6 Å². The third-order valence-corrected chi connectivity index (χ3v) is 6.72. The second-order valence-corrected chi connectivity index (χ2v) is 9.55. The maximum absolute atomic E-state index is 15.3. The predicted octanol–water partition coefficient (Wildman–Crippen LogP) is 3.63. The fourth-order valence-corrected chi connectivity index (χ4v) is 4.67. The molecule has 0 N–H and O–H groups in total. The number of aryl methyl sites for hydroxylation is 1. The van der Waals surface area contributed by atoms with E-state index in [-0.39, 0.29) is 39.2 Å². The van der Waals surface area contributed by atoms with Gasteiger partial charge in [-0.3, -0.25) is 9.36 Å². The van der Waals surface area contributed by atoms with E-state index in [1.807, 2.05) is 0 Å². The minimum atomic E-state index is -0.747. The van der Waals surface area contributed by atoms with Crippen LogP contribution < -0.4 is 4.73 Å². The molecule has 5 aromatic heterocycles. The molecule has 0 amide bonds. The van der Waals surface area contributed by atoms with Gasteiger partial charge >= 0.3 is 0 Å². The molecule has 1 atom stereocenters. The molecule has 0 fully saturated rings. The molecule has 5 heterocycles. The molecule has 12 nitrogen and oxygen atoms in total. The van der Waals surface area contributed by atoms with Crippen LogP contribution in [0.15, 0.2) is 67.6 Å². The zero-order chi connectivity index (χ0) is 28.0. The molecular formula is C24H17Cl2F2N11O. The highest BCUT2D eigenvalue weighted by Gasteiger charge is 2.27. The Morgan fingerprint density at radius 2 is 1.82 bits per heavy atom. The standard InChI is InChI=1S/C24H17Cl2F2N11O/c1-35-20(8-29-33-35)15-6-31-37(9-15)21(12-36-11-16(27)7-30-36)18-4-2-14(10-39(18)40)23-19(5-3-17(25)24(23)28)38-13-22(26)32-34-38/h2-11,13,21H,12H2,1H3/t21-/m0/s1. The highest BCUT2D eigenvalue weighted by Crippen LogP contribution is 2.34. The zero-order valence-electron chi connectivity index (χ0n) is 20.5. The Morgan fingerprint density at radius 3 is 2.50 bits per heavy atom. The summed E-state index contributed by atoms with van der Waals surface area (Å²) >= 11 is 12.0. The number of halogens is 4. The maximum Gasteiger partial charge on any atom is 0.219 e. The molecule has 1 aromatic carbocycles. The quantitative estimate of drug-likeness (QED) is 0.207. The Labute approximate surface area is 234 Å². The molecule has 0 aliphatic carbocycles. The van der Waals surface area contributed by atoms with Crippen molar-refractivity contribution in [1.82, 2.24) is 49.5 Å². The fraction of sp³-hybridized carbons (Fsp3) is 0.125. The Bertz CT molecular complexity index is 1840. The van der Waals surface area contributed by atoms with Crippen LogP contribution in [-0.4, -0.2) is 49.5 Å². The average molecular weight is 584 g/mol. The van der Waals surface area contributed by atoms with Crippen LogP contribution >= 0.6 is 23.2 Å². The van der Waals surface area contributed by atoms with Crippen LogP contribution in [0.4, 0.5) is 8.78 Å². The Balaban J connectivity index is 1.44. The fourth-order valence-electron chi connectivity index (χ4n) is 4.39. The summed E-state index contributed by atoms with van der Waals surface area (Å²) in [6.45, 7) is 0.0739. The first kappa shape index (κ1) is 25.6. The van der Waals surface area contributed by atoms with Gasteiger partial charge in [0.1, 0.15) is 0 Å². The van der Waals surface area contributed by atoms with Gasteiger partial charge in [-0.05, 0) is 18.2 Å². The van der Waals surface area contributed by atoms with E-state index in [9.17, 15) is 9.60 Å². The van der Waals surface area contributed by atoms with Crippen molar-refractivity contribution in [1.29, 1.82) is 0 Å². The number of nitrogens with zero attached hydrogens (tertiary/aromatic N) is 11. The Hall–Kier alpha value is -4.69.